The lowest BCUT2D eigenvalue weighted by Gasteiger charge is -2.35. The second-order valence-corrected chi connectivity index (χ2v) is 7.48. The number of carbonyl (C=O) groups is 2. The fourth-order valence-corrected chi connectivity index (χ4v) is 4.67. The number of para-hydroxylation sites is 1. The van der Waals surface area contributed by atoms with Gasteiger partial charge < -0.3 is 10.1 Å². The van der Waals surface area contributed by atoms with E-state index in [1.165, 1.54) is 17.4 Å². The third-order valence-corrected chi connectivity index (χ3v) is 5.88. The molecule has 2 aliphatic rings. The van der Waals surface area contributed by atoms with Crippen molar-refractivity contribution in [1.29, 1.82) is 0 Å². The second-order valence-electron chi connectivity index (χ2n) is 6.45. The van der Waals surface area contributed by atoms with Gasteiger partial charge in [-0.15, -0.1) is 0 Å². The van der Waals surface area contributed by atoms with E-state index < -0.39 is 17.3 Å². The Labute approximate surface area is 142 Å². The minimum atomic E-state index is -0.665. The smallest absolute Gasteiger partial charge is 0.307 e. The van der Waals surface area contributed by atoms with Crippen LogP contribution in [-0.4, -0.2) is 22.5 Å². The summed E-state index contributed by atoms with van der Waals surface area (Å²) in [6, 6.07) is 4.71. The molecule has 2 aromatic rings. The van der Waals surface area contributed by atoms with E-state index in [1.807, 2.05) is 0 Å². The third-order valence-electron chi connectivity index (χ3n) is 4.94. The van der Waals surface area contributed by atoms with Crippen molar-refractivity contribution in [2.45, 2.75) is 44.1 Å². The number of nitrogens with one attached hydrogen (secondary N) is 1. The Morgan fingerprint density at radius 1 is 1.33 bits per heavy atom. The molecule has 1 aromatic carbocycles. The number of amides is 1. The molecule has 4 rings (SSSR count). The van der Waals surface area contributed by atoms with Crippen LogP contribution in [0.1, 0.15) is 38.5 Å². The van der Waals surface area contributed by atoms with Gasteiger partial charge >= 0.3 is 5.97 Å². The second kappa shape index (κ2) is 5.81. The molecule has 1 aliphatic carbocycles. The van der Waals surface area contributed by atoms with Gasteiger partial charge in [0.2, 0.25) is 5.91 Å². The Hall–Kier alpha value is -2.02. The number of rotatable bonds is 2. The third kappa shape index (κ3) is 2.56. The molecule has 1 aliphatic heterocycles. The normalized spacial score (nSPS) is 22.7. The van der Waals surface area contributed by atoms with Crippen molar-refractivity contribution in [3.8, 4) is 0 Å². The summed E-state index contributed by atoms with van der Waals surface area (Å²) in [6.07, 6.45) is 4.58. The van der Waals surface area contributed by atoms with E-state index in [0.717, 1.165) is 32.1 Å². The zero-order chi connectivity index (χ0) is 16.7. The number of esters is 1. The number of hydrogen-bond acceptors (Lipinski definition) is 5. The summed E-state index contributed by atoms with van der Waals surface area (Å²) in [5.41, 5.74) is -0.412. The van der Waals surface area contributed by atoms with E-state index in [2.05, 4.69) is 10.3 Å². The number of thiazole rings is 1. The molecular formula is C17H17FN2O3S. The average molecular weight is 348 g/mol. The Bertz CT molecular complexity index is 813. The van der Waals surface area contributed by atoms with E-state index >= 15 is 0 Å². The summed E-state index contributed by atoms with van der Waals surface area (Å²) in [5, 5.41) is 3.11. The average Bonchev–Trinajstić information content (AvgIpc) is 3.10. The molecule has 2 fully saturated rings. The first-order valence-electron chi connectivity index (χ1n) is 8.15. The zero-order valence-electron chi connectivity index (χ0n) is 13.0. The number of benzene rings is 1. The summed E-state index contributed by atoms with van der Waals surface area (Å²) in [7, 11) is 0. The van der Waals surface area contributed by atoms with Crippen LogP contribution in [0.4, 0.5) is 9.52 Å². The van der Waals surface area contributed by atoms with Gasteiger partial charge in [0.05, 0.1) is 17.0 Å². The number of ether oxygens (including phenoxy) is 1. The predicted molar refractivity (Wildman–Crippen MR) is 88.2 cm³/mol. The van der Waals surface area contributed by atoms with Gasteiger partial charge in [-0.25, -0.2) is 9.37 Å². The molecule has 24 heavy (non-hydrogen) atoms. The monoisotopic (exact) mass is 348 g/mol. The first-order valence-corrected chi connectivity index (χ1v) is 8.97. The van der Waals surface area contributed by atoms with Gasteiger partial charge in [-0.05, 0) is 37.8 Å². The van der Waals surface area contributed by atoms with Gasteiger partial charge in [0.25, 0.3) is 0 Å². The highest BCUT2D eigenvalue weighted by molar-refractivity contribution is 7.22. The van der Waals surface area contributed by atoms with Crippen molar-refractivity contribution < 1.29 is 18.7 Å². The maximum absolute atomic E-state index is 13.7. The van der Waals surface area contributed by atoms with Crippen molar-refractivity contribution >= 4 is 38.6 Å². The van der Waals surface area contributed by atoms with Crippen LogP contribution in [0.5, 0.6) is 0 Å². The van der Waals surface area contributed by atoms with Gasteiger partial charge in [-0.3, -0.25) is 9.59 Å². The van der Waals surface area contributed by atoms with E-state index in [-0.39, 0.29) is 23.8 Å². The topological polar surface area (TPSA) is 68.3 Å². The highest BCUT2D eigenvalue weighted by atomic mass is 32.1. The molecule has 126 valence electrons. The summed E-state index contributed by atoms with van der Waals surface area (Å²) in [4.78, 5) is 28.7. The van der Waals surface area contributed by atoms with Crippen LogP contribution in [0.2, 0.25) is 0 Å². The fraction of sp³-hybridized carbons (Fsp3) is 0.471. The van der Waals surface area contributed by atoms with Gasteiger partial charge in [-0.2, -0.15) is 0 Å². The largest absolute Gasteiger partial charge is 0.458 e. The quantitative estimate of drug-likeness (QED) is 0.842. The zero-order valence-corrected chi connectivity index (χ0v) is 13.8. The van der Waals surface area contributed by atoms with Crippen molar-refractivity contribution in [2.24, 2.45) is 5.92 Å². The molecule has 1 amide bonds. The molecule has 1 atom stereocenters. The Balaban J connectivity index is 1.58. The molecule has 5 nitrogen and oxygen atoms in total. The summed E-state index contributed by atoms with van der Waals surface area (Å²) < 4.78 is 20.0. The lowest BCUT2D eigenvalue weighted by Crippen LogP contribution is -2.43. The van der Waals surface area contributed by atoms with Crippen LogP contribution in [-0.2, 0) is 14.3 Å². The number of anilines is 1. The molecule has 1 N–H and O–H groups in total. The van der Waals surface area contributed by atoms with E-state index in [9.17, 15) is 14.0 Å². The molecular weight excluding hydrogens is 331 g/mol. The lowest BCUT2D eigenvalue weighted by atomic mass is 9.75. The standard InChI is InChI=1S/C17H17FN2O3S/c18-11-5-4-6-12-14(11)19-16(24-12)20-15(22)10-9-13(21)23-17(10)7-2-1-3-8-17/h4-6,10H,1-3,7-9H2,(H,19,20,22). The maximum atomic E-state index is 13.7. The Morgan fingerprint density at radius 3 is 2.88 bits per heavy atom. The number of nitrogens with zero attached hydrogens (tertiary/aromatic N) is 1. The van der Waals surface area contributed by atoms with Gasteiger partial charge in [-0.1, -0.05) is 23.8 Å². The summed E-state index contributed by atoms with van der Waals surface area (Å²) >= 11 is 1.23. The summed E-state index contributed by atoms with van der Waals surface area (Å²) in [6.45, 7) is 0. The molecule has 7 heteroatoms. The highest BCUT2D eigenvalue weighted by Gasteiger charge is 2.52. The highest BCUT2D eigenvalue weighted by Crippen LogP contribution is 2.44. The first kappa shape index (κ1) is 15.5. The number of carbonyl (C=O) groups excluding carboxylic acids is 2. The van der Waals surface area contributed by atoms with Crippen molar-refractivity contribution in [1.82, 2.24) is 4.98 Å². The molecule has 2 heterocycles. The number of aromatic nitrogens is 1. The lowest BCUT2D eigenvalue weighted by molar-refractivity contribution is -0.153. The first-order chi connectivity index (χ1) is 11.6. The predicted octanol–water partition coefficient (Wildman–Crippen LogP) is 3.64. The molecule has 1 unspecified atom stereocenters. The minimum Gasteiger partial charge on any atom is -0.458 e. The number of fused-ring (bicyclic) bond motifs is 1. The molecule has 1 aromatic heterocycles. The van der Waals surface area contributed by atoms with Crippen LogP contribution < -0.4 is 5.32 Å². The molecule has 1 saturated carbocycles. The van der Waals surface area contributed by atoms with Crippen molar-refractivity contribution in [3.05, 3.63) is 24.0 Å². The Kier molecular flexibility index (Phi) is 3.75. The summed E-state index contributed by atoms with van der Waals surface area (Å²) in [5.74, 6) is -1.48. The maximum Gasteiger partial charge on any atom is 0.307 e. The minimum absolute atomic E-state index is 0.102. The molecule has 0 bridgehead atoms. The van der Waals surface area contributed by atoms with E-state index in [4.69, 9.17) is 4.74 Å². The van der Waals surface area contributed by atoms with Crippen LogP contribution in [0.3, 0.4) is 0 Å². The van der Waals surface area contributed by atoms with Gasteiger partial charge in [0.1, 0.15) is 16.9 Å². The SMILES string of the molecule is O=C1CC(C(=O)Nc2nc3c(F)cccc3s2)C2(CCCCC2)O1. The van der Waals surface area contributed by atoms with E-state index in [1.54, 1.807) is 12.1 Å². The Morgan fingerprint density at radius 2 is 2.12 bits per heavy atom. The fourth-order valence-electron chi connectivity index (χ4n) is 3.79. The molecule has 1 spiro atoms. The number of halogens is 1. The number of hydrogen-bond donors (Lipinski definition) is 1. The van der Waals surface area contributed by atoms with E-state index in [0.29, 0.717) is 9.83 Å². The van der Waals surface area contributed by atoms with Gasteiger partial charge in [0.15, 0.2) is 5.13 Å². The van der Waals surface area contributed by atoms with Crippen LogP contribution in [0.15, 0.2) is 18.2 Å². The van der Waals surface area contributed by atoms with Crippen molar-refractivity contribution in [3.63, 3.8) is 0 Å². The molecule has 0 radical (unpaired) electrons. The van der Waals surface area contributed by atoms with Crippen LogP contribution >= 0.6 is 11.3 Å². The van der Waals surface area contributed by atoms with Gasteiger partial charge in [0, 0.05) is 0 Å². The van der Waals surface area contributed by atoms with Crippen molar-refractivity contribution in [2.75, 3.05) is 5.32 Å². The van der Waals surface area contributed by atoms with Crippen LogP contribution in [0.25, 0.3) is 10.2 Å². The van der Waals surface area contributed by atoms with Crippen LogP contribution in [0, 0.1) is 11.7 Å². The molecule has 1 saturated heterocycles.